The standard InChI is InChI=1S/C33H29BrN2O6/c1-17-3-2-4-21(30(17)38)27-20-9-10-22-28(23(20)15-24-29(27)26(37)16-25(34)31(24)39)33(41)36(32(22)40)19-7-5-18(6-8-19)35-11-13-42-14-12-35/h2-9,16,22-23,27-28,38H,10-15H2,1H3. The number of rotatable bonds is 3. The molecule has 2 heterocycles. The molecule has 7 rings (SSSR count). The van der Waals surface area contributed by atoms with Gasteiger partial charge >= 0.3 is 0 Å². The number of imide groups is 1. The summed E-state index contributed by atoms with van der Waals surface area (Å²) >= 11 is 3.25. The normalized spacial score (nSPS) is 27.5. The number of phenolic OH excluding ortho intramolecular Hbond substituents is 1. The minimum Gasteiger partial charge on any atom is -0.507 e. The van der Waals surface area contributed by atoms with E-state index >= 15 is 0 Å². The van der Waals surface area contributed by atoms with Crippen molar-refractivity contribution in [3.8, 4) is 5.75 Å². The minimum absolute atomic E-state index is 0.0581. The fourth-order valence-electron chi connectivity index (χ4n) is 7.37. The molecule has 2 fully saturated rings. The quantitative estimate of drug-likeness (QED) is 0.303. The van der Waals surface area contributed by atoms with E-state index in [2.05, 4.69) is 20.8 Å². The predicted molar refractivity (Wildman–Crippen MR) is 159 cm³/mol. The Morgan fingerprint density at radius 2 is 1.64 bits per heavy atom. The first kappa shape index (κ1) is 27.0. The lowest BCUT2D eigenvalue weighted by Gasteiger charge is -2.42. The molecule has 214 valence electrons. The molecular weight excluding hydrogens is 600 g/mol. The first-order chi connectivity index (χ1) is 20.3. The molecular formula is C33H29BrN2O6. The van der Waals surface area contributed by atoms with Gasteiger partial charge in [0.1, 0.15) is 5.75 Å². The third kappa shape index (κ3) is 4.05. The summed E-state index contributed by atoms with van der Waals surface area (Å²) in [5.74, 6) is -3.45. The average molecular weight is 630 g/mol. The number of phenols is 1. The number of hydrogen-bond acceptors (Lipinski definition) is 7. The van der Waals surface area contributed by atoms with Crippen molar-refractivity contribution >= 4 is 50.7 Å². The molecule has 2 aromatic rings. The number of halogens is 1. The summed E-state index contributed by atoms with van der Waals surface area (Å²) in [6, 6.07) is 12.8. The highest BCUT2D eigenvalue weighted by molar-refractivity contribution is 9.12. The van der Waals surface area contributed by atoms with Crippen molar-refractivity contribution in [1.29, 1.82) is 0 Å². The second-order valence-corrected chi connectivity index (χ2v) is 12.4. The summed E-state index contributed by atoms with van der Waals surface area (Å²) in [6.07, 6.45) is 3.78. The molecule has 0 saturated carbocycles. The van der Waals surface area contributed by atoms with Gasteiger partial charge in [0.05, 0.1) is 35.2 Å². The molecule has 2 amide bonds. The number of para-hydroxylation sites is 1. The number of anilines is 2. The van der Waals surface area contributed by atoms with Crippen molar-refractivity contribution in [2.75, 3.05) is 36.1 Å². The largest absolute Gasteiger partial charge is 0.507 e. The first-order valence-corrected chi connectivity index (χ1v) is 15.0. The molecule has 5 aliphatic rings. The number of hydrogen-bond donors (Lipinski definition) is 1. The van der Waals surface area contributed by atoms with Crippen LogP contribution < -0.4 is 9.80 Å². The van der Waals surface area contributed by atoms with Crippen LogP contribution in [0.15, 0.2) is 75.8 Å². The van der Waals surface area contributed by atoms with Crippen molar-refractivity contribution in [3.05, 3.63) is 86.9 Å². The van der Waals surface area contributed by atoms with Gasteiger partial charge in [0.2, 0.25) is 11.8 Å². The van der Waals surface area contributed by atoms with E-state index in [1.807, 2.05) is 36.4 Å². The van der Waals surface area contributed by atoms with Gasteiger partial charge in [-0.05, 0) is 71.4 Å². The number of carbonyl (C=O) groups excluding carboxylic acids is 4. The molecule has 2 saturated heterocycles. The van der Waals surface area contributed by atoms with Gasteiger partial charge in [0, 0.05) is 47.5 Å². The third-order valence-corrected chi connectivity index (χ3v) is 9.98. The Bertz CT molecular complexity index is 1650. The van der Waals surface area contributed by atoms with Crippen LogP contribution in [0.1, 0.15) is 29.9 Å². The van der Waals surface area contributed by atoms with E-state index < -0.39 is 23.7 Å². The van der Waals surface area contributed by atoms with E-state index in [0.717, 1.165) is 24.4 Å². The van der Waals surface area contributed by atoms with Crippen LogP contribution in [0.3, 0.4) is 0 Å². The van der Waals surface area contributed by atoms with Gasteiger partial charge in [-0.2, -0.15) is 0 Å². The number of allylic oxidation sites excluding steroid dienone is 6. The predicted octanol–water partition coefficient (Wildman–Crippen LogP) is 4.50. The van der Waals surface area contributed by atoms with Gasteiger partial charge in [-0.25, -0.2) is 0 Å². The van der Waals surface area contributed by atoms with Gasteiger partial charge in [0.15, 0.2) is 11.6 Å². The zero-order valence-corrected chi connectivity index (χ0v) is 24.6. The van der Waals surface area contributed by atoms with Crippen molar-refractivity contribution < 1.29 is 29.0 Å². The molecule has 1 N–H and O–H groups in total. The Hall–Kier alpha value is -3.82. The van der Waals surface area contributed by atoms with E-state index in [1.54, 1.807) is 19.1 Å². The lowest BCUT2D eigenvalue weighted by Crippen LogP contribution is -2.39. The molecule has 4 unspecified atom stereocenters. The molecule has 0 radical (unpaired) electrons. The van der Waals surface area contributed by atoms with Gasteiger partial charge in [-0.1, -0.05) is 29.8 Å². The van der Waals surface area contributed by atoms with Gasteiger partial charge in [-0.15, -0.1) is 0 Å². The van der Waals surface area contributed by atoms with Crippen molar-refractivity contribution in [1.82, 2.24) is 0 Å². The number of Topliss-reactive ketones (excluding diaryl/α,β-unsaturated/α-hetero) is 1. The fraction of sp³-hybridized carbons (Fsp3) is 0.333. The Morgan fingerprint density at radius 1 is 0.929 bits per heavy atom. The molecule has 2 aromatic carbocycles. The number of fused-ring (bicyclic) bond motifs is 3. The summed E-state index contributed by atoms with van der Waals surface area (Å²) in [7, 11) is 0. The van der Waals surface area contributed by atoms with E-state index in [9.17, 15) is 24.3 Å². The smallest absolute Gasteiger partial charge is 0.238 e. The number of aromatic hydroxyl groups is 1. The highest BCUT2D eigenvalue weighted by atomic mass is 79.9. The second kappa shape index (κ2) is 10.2. The van der Waals surface area contributed by atoms with Gasteiger partial charge < -0.3 is 14.7 Å². The van der Waals surface area contributed by atoms with Crippen molar-refractivity contribution in [2.24, 2.45) is 17.8 Å². The maximum atomic E-state index is 14.1. The molecule has 9 heteroatoms. The Morgan fingerprint density at radius 3 is 2.38 bits per heavy atom. The van der Waals surface area contributed by atoms with E-state index in [1.165, 1.54) is 11.0 Å². The number of ketones is 2. The second-order valence-electron chi connectivity index (χ2n) is 11.5. The lowest BCUT2D eigenvalue weighted by molar-refractivity contribution is -0.123. The van der Waals surface area contributed by atoms with Crippen LogP contribution in [0.4, 0.5) is 11.4 Å². The lowest BCUT2D eigenvalue weighted by atomic mass is 9.59. The molecule has 0 aromatic heterocycles. The number of morpholine rings is 1. The molecule has 42 heavy (non-hydrogen) atoms. The first-order valence-electron chi connectivity index (χ1n) is 14.2. The topological polar surface area (TPSA) is 104 Å². The molecule has 0 bridgehead atoms. The minimum atomic E-state index is -0.683. The summed E-state index contributed by atoms with van der Waals surface area (Å²) in [5, 5.41) is 11.1. The molecule has 3 aliphatic carbocycles. The van der Waals surface area contributed by atoms with Crippen LogP contribution in [0.25, 0.3) is 0 Å². The van der Waals surface area contributed by atoms with E-state index in [-0.39, 0.29) is 40.0 Å². The summed E-state index contributed by atoms with van der Waals surface area (Å²) in [6.45, 7) is 4.66. The van der Waals surface area contributed by atoms with Crippen molar-refractivity contribution in [2.45, 2.75) is 25.7 Å². The van der Waals surface area contributed by atoms with E-state index in [0.29, 0.717) is 47.6 Å². The van der Waals surface area contributed by atoms with Crippen LogP contribution in [0, 0.1) is 24.7 Å². The van der Waals surface area contributed by atoms with Crippen LogP contribution in [-0.2, 0) is 23.9 Å². The average Bonchev–Trinajstić information content (AvgIpc) is 3.26. The molecule has 2 aliphatic heterocycles. The molecule has 4 atom stereocenters. The number of nitrogens with zero attached hydrogens (tertiary/aromatic N) is 2. The van der Waals surface area contributed by atoms with Crippen LogP contribution >= 0.6 is 15.9 Å². The van der Waals surface area contributed by atoms with Gasteiger partial charge in [-0.3, -0.25) is 24.1 Å². The van der Waals surface area contributed by atoms with Crippen molar-refractivity contribution in [3.63, 3.8) is 0 Å². The number of ether oxygens (including phenoxy) is 1. The van der Waals surface area contributed by atoms with E-state index in [4.69, 9.17) is 4.74 Å². The molecule has 8 nitrogen and oxygen atoms in total. The fourth-order valence-corrected chi connectivity index (χ4v) is 7.81. The highest BCUT2D eigenvalue weighted by Crippen LogP contribution is 2.56. The SMILES string of the molecule is Cc1cccc(C2C3=CCC4C(=O)N(c5ccc(N6CCOCC6)cc5)C(=O)C4C3CC3=C2C(=O)C=C(Br)C3=O)c1O. The number of aryl methyl sites for hydroxylation is 1. The van der Waals surface area contributed by atoms with Crippen LogP contribution in [-0.4, -0.2) is 54.8 Å². The zero-order valence-electron chi connectivity index (χ0n) is 23.0. The summed E-state index contributed by atoms with van der Waals surface area (Å²) in [5.41, 5.74) is 4.21. The Labute approximate surface area is 251 Å². The Balaban J connectivity index is 1.28. The van der Waals surface area contributed by atoms with Gasteiger partial charge in [0.25, 0.3) is 0 Å². The summed E-state index contributed by atoms with van der Waals surface area (Å²) < 4.78 is 5.62. The molecule has 0 spiro atoms. The maximum absolute atomic E-state index is 14.1. The number of amides is 2. The zero-order chi connectivity index (χ0) is 29.3. The monoisotopic (exact) mass is 628 g/mol. The number of carbonyl (C=O) groups is 4. The number of benzene rings is 2. The van der Waals surface area contributed by atoms with Crippen LogP contribution in [0.2, 0.25) is 0 Å². The maximum Gasteiger partial charge on any atom is 0.238 e. The third-order valence-electron chi connectivity index (χ3n) is 9.40. The summed E-state index contributed by atoms with van der Waals surface area (Å²) in [4.78, 5) is 58.2. The van der Waals surface area contributed by atoms with Crippen LogP contribution in [0.5, 0.6) is 5.75 Å². The highest BCUT2D eigenvalue weighted by Gasteiger charge is 2.57. The Kier molecular flexibility index (Phi) is 6.55.